The van der Waals surface area contributed by atoms with E-state index in [1.165, 1.54) is 19.2 Å². The number of hydrogen-bond donors (Lipinski definition) is 1. The van der Waals surface area contributed by atoms with E-state index in [0.29, 0.717) is 18.6 Å². The molecule has 1 aromatic carbocycles. The highest BCUT2D eigenvalue weighted by molar-refractivity contribution is 7.91. The molecule has 0 bridgehead atoms. The van der Waals surface area contributed by atoms with E-state index in [1.807, 2.05) is 0 Å². The molecule has 4 nitrogen and oxygen atoms in total. The first-order valence-corrected chi connectivity index (χ1v) is 9.56. The topological polar surface area (TPSA) is 55.4 Å². The number of benzene rings is 1. The molecule has 2 unspecified atom stereocenters. The van der Waals surface area contributed by atoms with Crippen molar-refractivity contribution in [3.63, 3.8) is 0 Å². The van der Waals surface area contributed by atoms with Gasteiger partial charge in [0.2, 0.25) is 0 Å². The van der Waals surface area contributed by atoms with Crippen molar-refractivity contribution in [2.24, 2.45) is 5.92 Å². The van der Waals surface area contributed by atoms with Crippen LogP contribution in [-0.4, -0.2) is 40.0 Å². The van der Waals surface area contributed by atoms with Crippen LogP contribution in [0.4, 0.5) is 13.2 Å². The second-order valence-electron chi connectivity index (χ2n) is 5.99. The third-order valence-corrected chi connectivity index (χ3v) is 6.08. The Hall–Kier alpha value is -1.28. The highest BCUT2D eigenvalue weighted by Crippen LogP contribution is 2.37. The summed E-state index contributed by atoms with van der Waals surface area (Å²) in [6.45, 7) is -0.00318. The number of methoxy groups -OCH3 is 1. The third kappa shape index (κ3) is 4.86. The average Bonchev–Trinajstić information content (AvgIpc) is 2.54. The summed E-state index contributed by atoms with van der Waals surface area (Å²) in [7, 11) is -2.13. The Kier molecular flexibility index (Phi) is 6.14. The fraction of sp³-hybridized carbons (Fsp3) is 0.625. The van der Waals surface area contributed by atoms with Crippen LogP contribution in [0, 0.1) is 5.92 Å². The van der Waals surface area contributed by atoms with Crippen LogP contribution in [0.15, 0.2) is 29.2 Å². The fourth-order valence-electron chi connectivity index (χ4n) is 3.06. The first-order valence-electron chi connectivity index (χ1n) is 7.91. The molecule has 0 amide bonds. The summed E-state index contributed by atoms with van der Waals surface area (Å²) in [6, 6.07) is 5.36. The molecule has 0 aliphatic heterocycles. The van der Waals surface area contributed by atoms with Crippen molar-refractivity contribution in [3.05, 3.63) is 24.3 Å². The quantitative estimate of drug-likeness (QED) is 0.841. The van der Waals surface area contributed by atoms with Gasteiger partial charge in [0.25, 0.3) is 0 Å². The van der Waals surface area contributed by atoms with Crippen LogP contribution in [0.5, 0.6) is 5.75 Å². The van der Waals surface area contributed by atoms with Crippen LogP contribution in [0.25, 0.3) is 0 Å². The number of alkyl halides is 3. The largest absolute Gasteiger partial charge is 0.497 e. The van der Waals surface area contributed by atoms with Gasteiger partial charge in [-0.2, -0.15) is 13.2 Å². The number of ether oxygens (including phenoxy) is 1. The zero-order chi connectivity index (χ0) is 17.8. The van der Waals surface area contributed by atoms with E-state index in [2.05, 4.69) is 5.32 Å². The molecule has 0 spiro atoms. The number of rotatable bonds is 6. The van der Waals surface area contributed by atoms with Crippen molar-refractivity contribution in [3.8, 4) is 5.75 Å². The summed E-state index contributed by atoms with van der Waals surface area (Å²) in [5.41, 5.74) is 0. The minimum atomic E-state index is -4.25. The van der Waals surface area contributed by atoms with E-state index in [9.17, 15) is 21.6 Å². The Bertz CT molecular complexity index is 646. The maximum Gasteiger partial charge on any atom is 0.393 e. The molecule has 1 saturated carbocycles. The molecule has 0 heterocycles. The molecule has 2 atom stereocenters. The predicted octanol–water partition coefficient (Wildman–Crippen LogP) is 3.18. The Labute approximate surface area is 140 Å². The molecule has 0 saturated heterocycles. The average molecular weight is 365 g/mol. The number of hydrogen-bond acceptors (Lipinski definition) is 4. The van der Waals surface area contributed by atoms with Crippen molar-refractivity contribution in [1.82, 2.24) is 5.32 Å². The molecule has 136 valence electrons. The summed E-state index contributed by atoms with van der Waals surface area (Å²) < 4.78 is 68.7. The highest BCUT2D eigenvalue weighted by Gasteiger charge is 2.45. The summed E-state index contributed by atoms with van der Waals surface area (Å²) >= 11 is 0. The van der Waals surface area contributed by atoms with Crippen LogP contribution in [-0.2, 0) is 9.84 Å². The summed E-state index contributed by atoms with van der Waals surface area (Å²) in [5, 5.41) is 2.80. The second-order valence-corrected chi connectivity index (χ2v) is 8.10. The van der Waals surface area contributed by atoms with Crippen molar-refractivity contribution in [1.29, 1.82) is 0 Å². The van der Waals surface area contributed by atoms with Gasteiger partial charge in [-0.05, 0) is 31.0 Å². The Morgan fingerprint density at radius 3 is 2.62 bits per heavy atom. The molecule has 1 fully saturated rings. The predicted molar refractivity (Wildman–Crippen MR) is 84.9 cm³/mol. The monoisotopic (exact) mass is 365 g/mol. The summed E-state index contributed by atoms with van der Waals surface area (Å²) in [5.74, 6) is -1.22. The van der Waals surface area contributed by atoms with Gasteiger partial charge in [-0.15, -0.1) is 0 Å². The van der Waals surface area contributed by atoms with Gasteiger partial charge in [0.1, 0.15) is 5.75 Å². The smallest absolute Gasteiger partial charge is 0.393 e. The fourth-order valence-corrected chi connectivity index (χ4v) is 4.26. The minimum Gasteiger partial charge on any atom is -0.497 e. The van der Waals surface area contributed by atoms with E-state index in [4.69, 9.17) is 4.74 Å². The lowest BCUT2D eigenvalue weighted by Gasteiger charge is -2.33. The molecule has 24 heavy (non-hydrogen) atoms. The zero-order valence-electron chi connectivity index (χ0n) is 13.5. The molecule has 0 radical (unpaired) electrons. The van der Waals surface area contributed by atoms with Crippen LogP contribution in [0.2, 0.25) is 0 Å². The van der Waals surface area contributed by atoms with Crippen LogP contribution in [0.1, 0.15) is 25.7 Å². The maximum absolute atomic E-state index is 13.0. The van der Waals surface area contributed by atoms with Crippen molar-refractivity contribution in [2.45, 2.75) is 42.8 Å². The zero-order valence-corrected chi connectivity index (χ0v) is 14.3. The molecule has 1 aromatic rings. The van der Waals surface area contributed by atoms with Crippen LogP contribution < -0.4 is 10.1 Å². The third-order valence-electron chi connectivity index (χ3n) is 4.36. The molecular weight excluding hydrogens is 343 g/mol. The van der Waals surface area contributed by atoms with Crippen molar-refractivity contribution < 1.29 is 26.3 Å². The van der Waals surface area contributed by atoms with E-state index in [1.54, 1.807) is 12.1 Å². The van der Waals surface area contributed by atoms with Gasteiger partial charge in [-0.3, -0.25) is 0 Å². The highest BCUT2D eigenvalue weighted by atomic mass is 32.2. The molecular formula is C16H22F3NO3S. The van der Waals surface area contributed by atoms with Crippen LogP contribution >= 0.6 is 0 Å². The maximum atomic E-state index is 13.0. The standard InChI is InChI=1S/C16H22F3NO3S/c1-23-12-5-4-6-13(11-12)24(21,22)10-9-20-15-8-3-2-7-14(15)16(17,18)19/h4-6,11,14-15,20H,2-3,7-10H2,1H3. The van der Waals surface area contributed by atoms with E-state index < -0.39 is 28.0 Å². The lowest BCUT2D eigenvalue weighted by molar-refractivity contribution is -0.188. The lowest BCUT2D eigenvalue weighted by atomic mass is 9.84. The van der Waals surface area contributed by atoms with Gasteiger partial charge in [0, 0.05) is 12.6 Å². The van der Waals surface area contributed by atoms with Gasteiger partial charge < -0.3 is 10.1 Å². The van der Waals surface area contributed by atoms with E-state index >= 15 is 0 Å². The summed E-state index contributed by atoms with van der Waals surface area (Å²) in [4.78, 5) is 0.111. The van der Waals surface area contributed by atoms with Crippen LogP contribution in [0.3, 0.4) is 0 Å². The van der Waals surface area contributed by atoms with Crippen molar-refractivity contribution >= 4 is 9.84 Å². The van der Waals surface area contributed by atoms with Crippen molar-refractivity contribution in [2.75, 3.05) is 19.4 Å². The minimum absolute atomic E-state index is 0.00318. The Morgan fingerprint density at radius 1 is 1.25 bits per heavy atom. The first-order chi connectivity index (χ1) is 11.2. The Morgan fingerprint density at radius 2 is 1.96 bits per heavy atom. The van der Waals surface area contributed by atoms with Gasteiger partial charge in [0.05, 0.1) is 23.7 Å². The second kappa shape index (κ2) is 7.74. The SMILES string of the molecule is COc1cccc(S(=O)(=O)CCNC2CCCCC2C(F)(F)F)c1. The molecule has 1 aliphatic carbocycles. The lowest BCUT2D eigenvalue weighted by Crippen LogP contribution is -2.46. The number of sulfone groups is 1. The molecule has 2 rings (SSSR count). The molecule has 0 aromatic heterocycles. The summed E-state index contributed by atoms with van der Waals surface area (Å²) in [6.07, 6.45) is -2.44. The molecule has 8 heteroatoms. The van der Waals surface area contributed by atoms with Gasteiger partial charge >= 0.3 is 6.18 Å². The van der Waals surface area contributed by atoms with Gasteiger partial charge in [-0.1, -0.05) is 18.9 Å². The number of halogens is 3. The van der Waals surface area contributed by atoms with Gasteiger partial charge in [0.15, 0.2) is 9.84 Å². The normalized spacial score (nSPS) is 22.3. The van der Waals surface area contributed by atoms with Gasteiger partial charge in [-0.25, -0.2) is 8.42 Å². The molecule has 1 N–H and O–H groups in total. The molecule has 1 aliphatic rings. The number of nitrogens with one attached hydrogen (secondary N) is 1. The Balaban J connectivity index is 1.96. The van der Waals surface area contributed by atoms with E-state index in [-0.39, 0.29) is 23.6 Å². The van der Waals surface area contributed by atoms with E-state index in [0.717, 1.165) is 6.42 Å². The first kappa shape index (κ1) is 19.1.